The van der Waals surface area contributed by atoms with Crippen molar-refractivity contribution < 1.29 is 36.4 Å². The molecule has 0 atom stereocenters. The smallest absolute Gasteiger partial charge is 0.762 e. The Morgan fingerprint density at radius 3 is 0.900 bits per heavy atom. The molecule has 0 aliphatic carbocycles. The molecule has 2 N–H and O–H groups in total. The first-order chi connectivity index (χ1) is 35.8. The van der Waals surface area contributed by atoms with Crippen molar-refractivity contribution in [3.8, 4) is 0 Å². The molecule has 0 spiro atoms. The van der Waals surface area contributed by atoms with Crippen molar-refractivity contribution in [3.05, 3.63) is 117 Å². The van der Waals surface area contributed by atoms with E-state index in [4.69, 9.17) is 14.2 Å². The van der Waals surface area contributed by atoms with E-state index < -0.39 is 14.0 Å². The van der Waals surface area contributed by atoms with Gasteiger partial charge in [-0.3, -0.25) is 12.9 Å². The lowest BCUT2D eigenvalue weighted by molar-refractivity contribution is -0.424. The SMILES string of the molecule is CC(C)(C)c1cc(N2C=[N+](c3cc(C(C)(C)C)cc(C(C)(C)C)c3)CC2)cc(C(C)(C)C)c1.CC(C)(C)c1cc(NCCNc2cc(C(C)(C)C)cc(C(C)(C)C)c2)cc(C(C)(C)C)c1.CCOC(OCC)OCC.FB(F)F.[F-]. The van der Waals surface area contributed by atoms with Gasteiger partial charge in [0.05, 0.1) is 0 Å². The zero-order chi connectivity index (χ0) is 60.9. The van der Waals surface area contributed by atoms with Crippen LogP contribution in [0.1, 0.15) is 231 Å². The van der Waals surface area contributed by atoms with E-state index in [1.165, 1.54) is 67.3 Å². The zero-order valence-electron chi connectivity index (χ0n) is 55.2. The van der Waals surface area contributed by atoms with Crippen molar-refractivity contribution in [2.45, 2.75) is 237 Å². The van der Waals surface area contributed by atoms with Crippen LogP contribution < -0.4 is 20.2 Å². The second kappa shape index (κ2) is 29.7. The number of rotatable bonds is 13. The molecule has 1 aliphatic heterocycles. The molecule has 5 rings (SSSR count). The van der Waals surface area contributed by atoms with Gasteiger partial charge in [-0.15, -0.1) is 0 Å². The standard InChI is InChI=1S/C31H47N2.C30H48N2.C7H16O3.BF3.FH/c1-28(2,3)22-15-23(29(4,5)6)18-26(17-22)32-13-14-33(21-32)27-19-24(30(7,8)9)16-25(20-27)31(10,11)12;1-27(2,3)21-15-22(28(4,5)6)18-25(17-21)31-13-14-32-26-19-23(29(7,8)9)16-24(20-26)30(10,11)12;1-4-8-7(9-5-2)10-6-3;2-1(3)4;/h15-21H,13-14H2,1-12H3;15-20,31-32H,13-14H2,1-12H3;7H,4-6H2,1-3H3;;1H/q+1;;;;/p-1. The monoisotopic (exact) mass is 1120 g/mol. The Balaban J connectivity index is 0.000000640. The maximum absolute atomic E-state index is 9.67. The fourth-order valence-electron chi connectivity index (χ4n) is 8.33. The Bertz CT molecular complexity index is 2320. The third kappa shape index (κ3) is 25.0. The molecule has 0 aromatic heterocycles. The van der Waals surface area contributed by atoms with Crippen LogP contribution in [0, 0.1) is 0 Å². The molecule has 4 aromatic carbocycles. The minimum absolute atomic E-state index is 0. The summed E-state index contributed by atoms with van der Waals surface area (Å²) in [5.74, 6) is 0. The average molecular weight is 1120 g/mol. The predicted molar refractivity (Wildman–Crippen MR) is 338 cm³/mol. The molecule has 0 bridgehead atoms. The quantitative estimate of drug-likeness (QED) is 0.0457. The van der Waals surface area contributed by atoms with E-state index in [1.807, 2.05) is 20.8 Å². The maximum Gasteiger partial charge on any atom is 0.762 e. The van der Waals surface area contributed by atoms with E-state index in [1.54, 1.807) is 0 Å². The molecule has 0 amide bonds. The van der Waals surface area contributed by atoms with Gasteiger partial charge in [0.2, 0.25) is 6.34 Å². The molecule has 0 fully saturated rings. The third-order valence-corrected chi connectivity index (χ3v) is 13.8. The molecule has 0 unspecified atom stereocenters. The summed E-state index contributed by atoms with van der Waals surface area (Å²) in [5, 5.41) is 7.33. The summed E-state index contributed by atoms with van der Waals surface area (Å²) in [7, 11) is -3.67. The Labute approximate surface area is 486 Å². The molecule has 12 heteroatoms. The van der Waals surface area contributed by atoms with Crippen LogP contribution in [0.2, 0.25) is 0 Å². The summed E-state index contributed by atoms with van der Waals surface area (Å²) < 4.78 is 46.7. The lowest BCUT2D eigenvalue weighted by atomic mass is 9.80. The fourth-order valence-corrected chi connectivity index (χ4v) is 8.33. The van der Waals surface area contributed by atoms with Gasteiger partial charge in [0, 0.05) is 44.3 Å². The molecule has 80 heavy (non-hydrogen) atoms. The number of anilines is 3. The van der Waals surface area contributed by atoms with E-state index in [0.717, 1.165) is 26.2 Å². The van der Waals surface area contributed by atoms with Crippen molar-refractivity contribution in [2.75, 3.05) is 61.5 Å². The Kier molecular flexibility index (Phi) is 27.4. The van der Waals surface area contributed by atoms with Crippen molar-refractivity contribution >= 4 is 36.6 Å². The van der Waals surface area contributed by atoms with Crippen LogP contribution in [0.3, 0.4) is 0 Å². The Morgan fingerprint density at radius 2 is 0.662 bits per heavy atom. The lowest BCUT2D eigenvalue weighted by Crippen LogP contribution is -3.00. The first-order valence-corrected chi connectivity index (χ1v) is 29.1. The van der Waals surface area contributed by atoms with Crippen molar-refractivity contribution in [1.82, 2.24) is 0 Å². The first kappa shape index (κ1) is 73.6. The molecular weight excluding hydrogens is 1010 g/mol. The molecule has 0 saturated carbocycles. The van der Waals surface area contributed by atoms with Crippen LogP contribution in [0.5, 0.6) is 0 Å². The predicted octanol–water partition coefficient (Wildman–Crippen LogP) is 15.7. The van der Waals surface area contributed by atoms with Gasteiger partial charge in [-0.2, -0.15) is 0 Å². The highest BCUT2D eigenvalue weighted by molar-refractivity contribution is 6.33. The highest BCUT2D eigenvalue weighted by Crippen LogP contribution is 2.38. The Hall–Kier alpha value is -4.39. The van der Waals surface area contributed by atoms with Crippen molar-refractivity contribution in [2.24, 2.45) is 0 Å². The summed E-state index contributed by atoms with van der Waals surface area (Å²) in [5.41, 5.74) is 17.2. The van der Waals surface area contributed by atoms with E-state index in [2.05, 4.69) is 265 Å². The number of nitrogens with one attached hydrogen (secondary N) is 2. The van der Waals surface area contributed by atoms with Gasteiger partial charge in [-0.05, 0) is 157 Å². The average Bonchev–Trinajstić information content (AvgIpc) is 3.79. The fraction of sp³-hybridized carbons (Fsp3) is 0.632. The number of benzene rings is 4. The minimum Gasteiger partial charge on any atom is -1.00 e. The van der Waals surface area contributed by atoms with Crippen LogP contribution in [0.25, 0.3) is 0 Å². The number of hydrogen-bond acceptors (Lipinski definition) is 6. The van der Waals surface area contributed by atoms with Crippen LogP contribution in [0.15, 0.2) is 72.8 Å². The molecule has 1 heterocycles. The van der Waals surface area contributed by atoms with E-state index >= 15 is 0 Å². The second-order valence-corrected chi connectivity index (χ2v) is 29.4. The molecule has 0 saturated heterocycles. The summed E-state index contributed by atoms with van der Waals surface area (Å²) in [4.78, 5) is 2.44. The lowest BCUT2D eigenvalue weighted by Gasteiger charge is -2.27. The first-order valence-electron chi connectivity index (χ1n) is 29.1. The van der Waals surface area contributed by atoms with Crippen LogP contribution in [0.4, 0.5) is 35.7 Å². The molecule has 1 aliphatic rings. The molecular formula is C68H111BF4N4O3. The summed E-state index contributed by atoms with van der Waals surface area (Å²) in [6, 6.07) is 28.4. The molecule has 0 radical (unpaired) electrons. The van der Waals surface area contributed by atoms with Gasteiger partial charge in [-0.1, -0.05) is 190 Å². The van der Waals surface area contributed by atoms with Gasteiger partial charge in [0.25, 0.3) is 6.48 Å². The largest absolute Gasteiger partial charge is 1.00 e. The highest BCUT2D eigenvalue weighted by atomic mass is 19.4. The number of halogens is 4. The number of ether oxygens (including phenoxy) is 3. The maximum atomic E-state index is 9.67. The second-order valence-electron chi connectivity index (χ2n) is 29.4. The van der Waals surface area contributed by atoms with Crippen molar-refractivity contribution in [3.63, 3.8) is 0 Å². The summed E-state index contributed by atoms with van der Waals surface area (Å²) in [6.07, 6.45) is 2.32. The molecule has 7 nitrogen and oxygen atoms in total. The highest BCUT2D eigenvalue weighted by Gasteiger charge is 2.30. The van der Waals surface area contributed by atoms with E-state index in [0.29, 0.717) is 19.8 Å². The summed E-state index contributed by atoms with van der Waals surface area (Å²) in [6.45, 7) is 66.0. The van der Waals surface area contributed by atoms with Gasteiger partial charge in [0.1, 0.15) is 24.5 Å². The zero-order valence-corrected chi connectivity index (χ0v) is 55.2. The van der Waals surface area contributed by atoms with Crippen LogP contribution >= 0.6 is 0 Å². The van der Waals surface area contributed by atoms with Gasteiger partial charge >= 0.3 is 7.54 Å². The van der Waals surface area contributed by atoms with Gasteiger partial charge < -0.3 is 29.5 Å². The van der Waals surface area contributed by atoms with Gasteiger partial charge in [-0.25, -0.2) is 9.48 Å². The van der Waals surface area contributed by atoms with Crippen LogP contribution in [-0.2, 0) is 57.5 Å². The van der Waals surface area contributed by atoms with Crippen LogP contribution in [-0.4, -0.2) is 70.9 Å². The number of nitrogens with zero attached hydrogens (tertiary/aromatic N) is 2. The van der Waals surface area contributed by atoms with Crippen molar-refractivity contribution in [1.29, 1.82) is 0 Å². The Morgan fingerprint density at radius 1 is 0.425 bits per heavy atom. The molecule has 452 valence electrons. The minimum atomic E-state index is -3.67. The van der Waals surface area contributed by atoms with E-state index in [-0.39, 0.29) is 48.0 Å². The summed E-state index contributed by atoms with van der Waals surface area (Å²) >= 11 is 0. The topological polar surface area (TPSA) is 58.0 Å². The molecule has 4 aromatic rings. The van der Waals surface area contributed by atoms with Gasteiger partial charge in [0.15, 0.2) is 0 Å². The van der Waals surface area contributed by atoms with E-state index in [9.17, 15) is 12.9 Å². The third-order valence-electron chi connectivity index (χ3n) is 13.8. The number of hydrogen-bond donors (Lipinski definition) is 2. The normalized spacial score (nSPS) is 13.5.